The lowest BCUT2D eigenvalue weighted by molar-refractivity contribution is -0.163. The number of pyridine rings is 1. The topological polar surface area (TPSA) is 91.5 Å². The predicted octanol–water partition coefficient (Wildman–Crippen LogP) is -0.695. The number of hydrogen-bond acceptors (Lipinski definition) is 5. The zero-order valence-corrected chi connectivity index (χ0v) is 11.2. The molecular weight excluding hydrogens is 260 g/mol. The molecule has 0 aliphatic carbocycles. The molecule has 2 aromatic rings. The molecule has 1 aliphatic heterocycles. The number of amides is 1. The number of carbonyl (C=O) groups excluding carboxylic acids is 1. The van der Waals surface area contributed by atoms with Crippen molar-refractivity contribution in [3.05, 3.63) is 24.0 Å². The van der Waals surface area contributed by atoms with Gasteiger partial charge in [0.05, 0.1) is 25.9 Å². The van der Waals surface area contributed by atoms with Crippen molar-refractivity contribution in [3.63, 3.8) is 0 Å². The fraction of sp³-hybridized carbons (Fsp3) is 0.462. The van der Waals surface area contributed by atoms with Gasteiger partial charge in [-0.3, -0.25) is 4.79 Å². The number of aromatic nitrogens is 3. The number of nitrogens with zero attached hydrogens (tertiary/aromatic N) is 4. The van der Waals surface area contributed by atoms with Crippen LogP contribution in [-0.4, -0.2) is 61.1 Å². The zero-order chi connectivity index (χ0) is 14.3. The molecule has 0 aromatic carbocycles. The highest BCUT2D eigenvalue weighted by Gasteiger charge is 2.43. The second-order valence-electron chi connectivity index (χ2n) is 5.36. The van der Waals surface area contributed by atoms with E-state index < -0.39 is 5.60 Å². The van der Waals surface area contributed by atoms with Crippen LogP contribution in [0.25, 0.3) is 11.0 Å². The molecule has 2 aromatic heterocycles. The van der Waals surface area contributed by atoms with E-state index >= 15 is 0 Å². The van der Waals surface area contributed by atoms with Gasteiger partial charge in [0.25, 0.3) is 0 Å². The summed E-state index contributed by atoms with van der Waals surface area (Å²) in [6, 6.07) is 1.96. The van der Waals surface area contributed by atoms with Crippen molar-refractivity contribution in [1.82, 2.24) is 19.7 Å². The molecule has 0 unspecified atom stereocenters. The van der Waals surface area contributed by atoms with Crippen LogP contribution >= 0.6 is 0 Å². The van der Waals surface area contributed by atoms with Gasteiger partial charge in [0.2, 0.25) is 5.91 Å². The molecule has 0 saturated carbocycles. The average molecular weight is 276 g/mol. The number of hydrogen-bond donors (Lipinski definition) is 2. The molecule has 0 atom stereocenters. The Bertz CT molecular complexity index is 661. The van der Waals surface area contributed by atoms with Crippen molar-refractivity contribution in [2.45, 2.75) is 19.1 Å². The van der Waals surface area contributed by atoms with E-state index in [2.05, 4.69) is 10.1 Å². The highest BCUT2D eigenvalue weighted by Crippen LogP contribution is 2.21. The lowest BCUT2D eigenvalue weighted by atomic mass is 9.95. The fourth-order valence-electron chi connectivity index (χ4n) is 2.37. The first-order chi connectivity index (χ1) is 9.50. The minimum Gasteiger partial charge on any atom is -0.393 e. The Labute approximate surface area is 115 Å². The maximum absolute atomic E-state index is 12.1. The minimum absolute atomic E-state index is 0.0844. The summed E-state index contributed by atoms with van der Waals surface area (Å²) in [6.07, 6.45) is 3.42. The number of aliphatic hydroxyl groups is 2. The molecule has 1 saturated heterocycles. The SMILES string of the molecule is Cc1cnc2c(cnn2CC(=O)N2CC(O)(CO)C2)c1. The smallest absolute Gasteiger partial charge is 0.244 e. The van der Waals surface area contributed by atoms with E-state index in [9.17, 15) is 9.90 Å². The highest BCUT2D eigenvalue weighted by atomic mass is 16.3. The second-order valence-corrected chi connectivity index (χ2v) is 5.36. The van der Waals surface area contributed by atoms with Gasteiger partial charge < -0.3 is 15.1 Å². The summed E-state index contributed by atoms with van der Waals surface area (Å²) in [5.41, 5.74) is 0.568. The van der Waals surface area contributed by atoms with Gasteiger partial charge in [0.15, 0.2) is 5.65 Å². The molecule has 1 amide bonds. The molecule has 0 spiro atoms. The van der Waals surface area contributed by atoms with E-state index in [1.165, 1.54) is 4.90 Å². The third-order valence-electron chi connectivity index (χ3n) is 3.51. The molecule has 7 nitrogen and oxygen atoms in total. The fourth-order valence-corrected chi connectivity index (χ4v) is 2.37. The van der Waals surface area contributed by atoms with E-state index in [1.807, 2.05) is 13.0 Å². The molecule has 0 radical (unpaired) electrons. The van der Waals surface area contributed by atoms with Gasteiger partial charge >= 0.3 is 0 Å². The Morgan fingerprint density at radius 1 is 1.45 bits per heavy atom. The Morgan fingerprint density at radius 3 is 2.90 bits per heavy atom. The first-order valence-electron chi connectivity index (χ1n) is 6.40. The maximum Gasteiger partial charge on any atom is 0.244 e. The van der Waals surface area contributed by atoms with Crippen molar-refractivity contribution in [1.29, 1.82) is 0 Å². The van der Waals surface area contributed by atoms with E-state index in [0.717, 1.165) is 10.9 Å². The van der Waals surface area contributed by atoms with Gasteiger partial charge in [-0.1, -0.05) is 0 Å². The normalized spacial score (nSPS) is 17.2. The summed E-state index contributed by atoms with van der Waals surface area (Å²) >= 11 is 0. The molecule has 3 heterocycles. The van der Waals surface area contributed by atoms with Crippen molar-refractivity contribution in [2.75, 3.05) is 19.7 Å². The minimum atomic E-state index is -1.14. The van der Waals surface area contributed by atoms with Crippen molar-refractivity contribution in [2.24, 2.45) is 0 Å². The monoisotopic (exact) mass is 276 g/mol. The van der Waals surface area contributed by atoms with Gasteiger partial charge in [-0.25, -0.2) is 9.67 Å². The number of β-amino-alcohol motifs (C(OH)–C–C–N with tert-alkyl or cyclic N) is 1. The van der Waals surface area contributed by atoms with Crippen LogP contribution in [0.4, 0.5) is 0 Å². The van der Waals surface area contributed by atoms with Gasteiger partial charge in [-0.2, -0.15) is 5.10 Å². The van der Waals surface area contributed by atoms with Gasteiger partial charge in [-0.05, 0) is 18.6 Å². The maximum atomic E-state index is 12.1. The molecule has 2 N–H and O–H groups in total. The molecule has 1 aliphatic rings. The Morgan fingerprint density at radius 2 is 2.20 bits per heavy atom. The Kier molecular flexibility index (Phi) is 2.95. The van der Waals surface area contributed by atoms with E-state index in [0.29, 0.717) is 5.65 Å². The third-order valence-corrected chi connectivity index (χ3v) is 3.51. The van der Waals surface area contributed by atoms with E-state index in [1.54, 1.807) is 17.1 Å². The molecule has 7 heteroatoms. The molecule has 3 rings (SSSR count). The first-order valence-corrected chi connectivity index (χ1v) is 6.40. The quantitative estimate of drug-likeness (QED) is 0.774. The van der Waals surface area contributed by atoms with Crippen molar-refractivity contribution in [3.8, 4) is 0 Å². The number of fused-ring (bicyclic) bond motifs is 1. The standard InChI is InChI=1S/C13H16N4O3/c1-9-2-10-4-15-17(12(10)14-3-9)5-11(19)16-6-13(20,7-16)8-18/h2-4,18,20H,5-8H2,1H3. The molecular formula is C13H16N4O3. The van der Waals surface area contributed by atoms with E-state index in [-0.39, 0.29) is 32.1 Å². The number of aryl methyl sites for hydroxylation is 1. The number of rotatable bonds is 3. The first kappa shape index (κ1) is 13.0. The summed E-state index contributed by atoms with van der Waals surface area (Å²) in [7, 11) is 0. The van der Waals surface area contributed by atoms with Crippen LogP contribution in [0.2, 0.25) is 0 Å². The Balaban J connectivity index is 1.73. The summed E-state index contributed by atoms with van der Waals surface area (Å²) < 4.78 is 1.55. The average Bonchev–Trinajstić information content (AvgIpc) is 2.77. The number of likely N-dealkylation sites (tertiary alicyclic amines) is 1. The molecule has 1 fully saturated rings. The van der Waals surface area contributed by atoms with Crippen LogP contribution in [0, 0.1) is 6.92 Å². The highest BCUT2D eigenvalue weighted by molar-refractivity contribution is 5.80. The van der Waals surface area contributed by atoms with Gasteiger partial charge in [-0.15, -0.1) is 0 Å². The van der Waals surface area contributed by atoms with Crippen LogP contribution in [0.5, 0.6) is 0 Å². The van der Waals surface area contributed by atoms with Crippen LogP contribution in [-0.2, 0) is 11.3 Å². The van der Waals surface area contributed by atoms with Crippen LogP contribution in [0.15, 0.2) is 18.5 Å². The summed E-state index contributed by atoms with van der Waals surface area (Å²) in [5, 5.41) is 23.7. The third kappa shape index (κ3) is 2.14. The number of aliphatic hydroxyl groups excluding tert-OH is 1. The summed E-state index contributed by atoms with van der Waals surface area (Å²) in [5.74, 6) is -0.143. The largest absolute Gasteiger partial charge is 0.393 e. The Hall–Kier alpha value is -1.99. The van der Waals surface area contributed by atoms with Crippen molar-refractivity contribution >= 4 is 16.9 Å². The van der Waals surface area contributed by atoms with Crippen LogP contribution in [0.3, 0.4) is 0 Å². The summed E-state index contributed by atoms with van der Waals surface area (Å²) in [6.45, 7) is 2.02. The lowest BCUT2D eigenvalue weighted by Crippen LogP contribution is -2.65. The van der Waals surface area contributed by atoms with Crippen LogP contribution in [0.1, 0.15) is 5.56 Å². The predicted molar refractivity (Wildman–Crippen MR) is 70.9 cm³/mol. The second kappa shape index (κ2) is 4.53. The molecule has 0 bridgehead atoms. The van der Waals surface area contributed by atoms with Gasteiger partial charge in [0, 0.05) is 11.6 Å². The zero-order valence-electron chi connectivity index (χ0n) is 11.2. The lowest BCUT2D eigenvalue weighted by Gasteiger charge is -2.45. The van der Waals surface area contributed by atoms with Gasteiger partial charge in [0.1, 0.15) is 12.1 Å². The molecule has 20 heavy (non-hydrogen) atoms. The number of carbonyl (C=O) groups is 1. The molecule has 106 valence electrons. The van der Waals surface area contributed by atoms with E-state index in [4.69, 9.17) is 5.11 Å². The summed E-state index contributed by atoms with van der Waals surface area (Å²) in [4.78, 5) is 17.8. The van der Waals surface area contributed by atoms with Crippen LogP contribution < -0.4 is 0 Å². The van der Waals surface area contributed by atoms with Crippen molar-refractivity contribution < 1.29 is 15.0 Å².